The van der Waals surface area contributed by atoms with Crippen molar-refractivity contribution >= 4 is 27.5 Å². The van der Waals surface area contributed by atoms with Crippen LogP contribution in [0.5, 0.6) is 0 Å². The predicted molar refractivity (Wildman–Crippen MR) is 86.3 cm³/mol. The number of pyridine rings is 1. The van der Waals surface area contributed by atoms with Crippen LogP contribution >= 0.6 is 15.9 Å². The number of rotatable bonds is 3. The van der Waals surface area contributed by atoms with E-state index in [9.17, 15) is 4.79 Å². The number of aromatic nitrogens is 3. The van der Waals surface area contributed by atoms with Gasteiger partial charge in [-0.05, 0) is 53.2 Å². The second kappa shape index (κ2) is 4.91. The fourth-order valence-corrected chi connectivity index (χ4v) is 4.58. The summed E-state index contributed by atoms with van der Waals surface area (Å²) in [6.45, 7) is 0. The van der Waals surface area contributed by atoms with E-state index in [0.717, 1.165) is 35.1 Å². The Morgan fingerprint density at radius 2 is 2.36 bits per heavy atom. The number of nitrogens with zero attached hydrogens (tertiary/aromatic N) is 3. The summed E-state index contributed by atoms with van der Waals surface area (Å²) in [6, 6.07) is 3.93. The zero-order valence-corrected chi connectivity index (χ0v) is 13.9. The van der Waals surface area contributed by atoms with Gasteiger partial charge in [0.1, 0.15) is 0 Å². The van der Waals surface area contributed by atoms with E-state index in [0.29, 0.717) is 5.92 Å². The molecule has 3 saturated carbocycles. The van der Waals surface area contributed by atoms with Gasteiger partial charge in [-0.15, -0.1) is 0 Å². The van der Waals surface area contributed by atoms with Crippen LogP contribution in [0.2, 0.25) is 0 Å². The summed E-state index contributed by atoms with van der Waals surface area (Å²) in [5.41, 5.74) is 1.74. The molecule has 0 aliphatic heterocycles. The van der Waals surface area contributed by atoms with Gasteiger partial charge in [0.05, 0.1) is 23.5 Å². The minimum absolute atomic E-state index is 0.0291. The van der Waals surface area contributed by atoms with Gasteiger partial charge in [0.2, 0.25) is 5.91 Å². The molecule has 22 heavy (non-hydrogen) atoms. The summed E-state index contributed by atoms with van der Waals surface area (Å²) in [5.74, 6) is 0.614. The fraction of sp³-hybridized carbons (Fsp3) is 0.438. The van der Waals surface area contributed by atoms with Crippen LogP contribution < -0.4 is 5.32 Å². The molecule has 0 radical (unpaired) electrons. The number of fused-ring (bicyclic) bond motifs is 1. The van der Waals surface area contributed by atoms with Crippen molar-refractivity contribution in [3.8, 4) is 0 Å². The van der Waals surface area contributed by atoms with Crippen molar-refractivity contribution in [2.24, 2.45) is 18.9 Å². The maximum absolute atomic E-state index is 12.8. The molecule has 1 N–H and O–H groups in total. The van der Waals surface area contributed by atoms with Gasteiger partial charge in [0, 0.05) is 29.3 Å². The Morgan fingerprint density at radius 3 is 3.05 bits per heavy atom. The molecule has 2 aromatic heterocycles. The first kappa shape index (κ1) is 13.9. The largest absolute Gasteiger partial charge is 0.324 e. The average Bonchev–Trinajstić information content (AvgIpc) is 3.12. The van der Waals surface area contributed by atoms with Crippen molar-refractivity contribution in [3.63, 3.8) is 0 Å². The van der Waals surface area contributed by atoms with Gasteiger partial charge in [0.25, 0.3) is 0 Å². The Hall–Kier alpha value is -1.69. The zero-order valence-electron chi connectivity index (χ0n) is 12.3. The maximum Gasteiger partial charge on any atom is 0.228 e. The summed E-state index contributed by atoms with van der Waals surface area (Å²) in [4.78, 5) is 16.9. The number of anilines is 1. The molecule has 0 aromatic carbocycles. The topological polar surface area (TPSA) is 59.8 Å². The van der Waals surface area contributed by atoms with Gasteiger partial charge in [-0.25, -0.2) is 0 Å². The quantitative estimate of drug-likeness (QED) is 0.915. The number of carbonyl (C=O) groups excluding carboxylic acids is 1. The Morgan fingerprint density at radius 1 is 1.50 bits per heavy atom. The molecule has 3 fully saturated rings. The molecule has 3 unspecified atom stereocenters. The number of nitrogens with one attached hydrogen (secondary N) is 1. The third-order valence-electron chi connectivity index (χ3n) is 5.13. The number of carbonyl (C=O) groups is 1. The number of amides is 1. The molecule has 3 aliphatic carbocycles. The highest BCUT2D eigenvalue weighted by Gasteiger charge is 2.63. The van der Waals surface area contributed by atoms with E-state index in [4.69, 9.17) is 0 Å². The SMILES string of the molecule is Cn1ccc(C23CCC(C2)C3C(=O)Nc2cncc(Br)c2)n1. The lowest BCUT2D eigenvalue weighted by molar-refractivity contribution is -0.127. The minimum atomic E-state index is -0.0601. The van der Waals surface area contributed by atoms with E-state index < -0.39 is 0 Å². The Balaban J connectivity index is 1.58. The van der Waals surface area contributed by atoms with E-state index >= 15 is 0 Å². The molecule has 2 heterocycles. The van der Waals surface area contributed by atoms with E-state index in [2.05, 4.69) is 37.4 Å². The highest BCUT2D eigenvalue weighted by molar-refractivity contribution is 9.10. The van der Waals surface area contributed by atoms with E-state index in [-0.39, 0.29) is 17.2 Å². The third kappa shape index (κ3) is 2.00. The minimum Gasteiger partial charge on any atom is -0.324 e. The Labute approximate surface area is 137 Å². The lowest BCUT2D eigenvalue weighted by Crippen LogP contribution is -2.50. The zero-order chi connectivity index (χ0) is 15.3. The predicted octanol–water partition coefficient (Wildman–Crippen LogP) is 2.88. The van der Waals surface area contributed by atoms with Crippen molar-refractivity contribution in [1.82, 2.24) is 14.8 Å². The molecule has 1 amide bonds. The van der Waals surface area contributed by atoms with Crippen LogP contribution in [0.4, 0.5) is 5.69 Å². The standard InChI is InChI=1S/C16H17BrN4O/c1-21-5-3-13(20-21)16-4-2-10(7-16)14(16)15(22)19-12-6-11(17)8-18-9-12/h3,5-6,8-10,14H,2,4,7H2,1H3,(H,19,22). The van der Waals surface area contributed by atoms with Crippen molar-refractivity contribution in [1.29, 1.82) is 0 Å². The van der Waals surface area contributed by atoms with Gasteiger partial charge in [-0.1, -0.05) is 0 Å². The van der Waals surface area contributed by atoms with Crippen LogP contribution in [0, 0.1) is 11.8 Å². The first-order valence-electron chi connectivity index (χ1n) is 7.50. The summed E-state index contributed by atoms with van der Waals surface area (Å²) in [7, 11) is 1.92. The number of aryl methyl sites for hydroxylation is 1. The Bertz CT molecular complexity index is 739. The molecule has 2 aromatic rings. The maximum atomic E-state index is 12.8. The lowest BCUT2D eigenvalue weighted by atomic mass is 9.58. The fourth-order valence-electron chi connectivity index (χ4n) is 4.21. The van der Waals surface area contributed by atoms with Crippen molar-refractivity contribution in [2.45, 2.75) is 24.7 Å². The highest BCUT2D eigenvalue weighted by atomic mass is 79.9. The van der Waals surface area contributed by atoms with Crippen molar-refractivity contribution in [3.05, 3.63) is 40.9 Å². The molecule has 0 saturated heterocycles. The molecule has 3 atom stereocenters. The van der Waals surface area contributed by atoms with Gasteiger partial charge in [-0.2, -0.15) is 5.10 Å². The van der Waals surface area contributed by atoms with Gasteiger partial charge >= 0.3 is 0 Å². The summed E-state index contributed by atoms with van der Waals surface area (Å²) >= 11 is 3.38. The smallest absolute Gasteiger partial charge is 0.228 e. The number of halogens is 1. The molecule has 2 bridgehead atoms. The van der Waals surface area contributed by atoms with Crippen LogP contribution in [0.1, 0.15) is 25.0 Å². The lowest BCUT2D eigenvalue weighted by Gasteiger charge is -2.45. The van der Waals surface area contributed by atoms with Crippen LogP contribution in [0.25, 0.3) is 0 Å². The van der Waals surface area contributed by atoms with Gasteiger partial charge < -0.3 is 5.32 Å². The van der Waals surface area contributed by atoms with Gasteiger partial charge in [-0.3, -0.25) is 14.5 Å². The van der Waals surface area contributed by atoms with Crippen molar-refractivity contribution < 1.29 is 4.79 Å². The second-order valence-electron chi connectivity index (χ2n) is 6.39. The third-order valence-corrected chi connectivity index (χ3v) is 5.57. The molecular formula is C16H17BrN4O. The second-order valence-corrected chi connectivity index (χ2v) is 7.31. The van der Waals surface area contributed by atoms with Gasteiger partial charge in [0.15, 0.2) is 0 Å². The van der Waals surface area contributed by atoms with Crippen LogP contribution in [-0.4, -0.2) is 20.7 Å². The monoisotopic (exact) mass is 360 g/mol. The molecule has 3 aliphatic rings. The molecule has 6 heteroatoms. The summed E-state index contributed by atoms with van der Waals surface area (Å²) in [6.07, 6.45) is 8.60. The number of hydrogen-bond acceptors (Lipinski definition) is 3. The normalized spacial score (nSPS) is 29.2. The molecular weight excluding hydrogens is 344 g/mol. The van der Waals surface area contributed by atoms with Crippen LogP contribution in [-0.2, 0) is 17.3 Å². The first-order chi connectivity index (χ1) is 10.6. The first-order valence-corrected chi connectivity index (χ1v) is 8.29. The number of hydrogen-bond donors (Lipinski definition) is 1. The molecule has 5 rings (SSSR count). The van der Waals surface area contributed by atoms with Crippen LogP contribution in [0.3, 0.4) is 0 Å². The Kier molecular flexibility index (Phi) is 3.11. The molecule has 5 nitrogen and oxygen atoms in total. The van der Waals surface area contributed by atoms with E-state index in [1.807, 2.05) is 24.0 Å². The highest BCUT2D eigenvalue weighted by Crippen LogP contribution is 2.63. The summed E-state index contributed by atoms with van der Waals surface area (Å²) < 4.78 is 2.68. The van der Waals surface area contributed by atoms with E-state index in [1.54, 1.807) is 12.4 Å². The summed E-state index contributed by atoms with van der Waals surface area (Å²) in [5, 5.41) is 7.59. The average molecular weight is 361 g/mol. The van der Waals surface area contributed by atoms with E-state index in [1.165, 1.54) is 0 Å². The van der Waals surface area contributed by atoms with Crippen molar-refractivity contribution in [2.75, 3.05) is 5.32 Å². The molecule has 0 spiro atoms. The molecule has 114 valence electrons. The van der Waals surface area contributed by atoms with Crippen LogP contribution in [0.15, 0.2) is 35.2 Å².